The van der Waals surface area contributed by atoms with Crippen LogP contribution in [-0.2, 0) is 9.47 Å². The second-order valence-electron chi connectivity index (χ2n) is 10.4. The lowest BCUT2D eigenvalue weighted by atomic mass is 9.99. The van der Waals surface area contributed by atoms with Crippen molar-refractivity contribution in [3.05, 3.63) is 34.5 Å². The summed E-state index contributed by atoms with van der Waals surface area (Å²) in [6.07, 6.45) is -18.5. The number of aliphatic hydroxyl groups excluding tert-OH is 8. The minimum Gasteiger partial charge on any atom is -0.504 e. The number of hydrogen-bond acceptors (Lipinski definition) is 18. The molecule has 10 unspecified atom stereocenters. The molecule has 3 heterocycles. The molecule has 1 aromatic heterocycles. The molecular formula is C27H30O18. The topological polar surface area (TPSA) is 310 Å². The van der Waals surface area contributed by atoms with Crippen molar-refractivity contribution in [1.29, 1.82) is 0 Å². The maximum absolute atomic E-state index is 13.4. The predicted molar refractivity (Wildman–Crippen MR) is 143 cm³/mol. The average molecular weight is 643 g/mol. The first-order chi connectivity index (χ1) is 21.3. The number of fused-ring (bicyclic) bond motifs is 1. The Morgan fingerprint density at radius 1 is 0.644 bits per heavy atom. The van der Waals surface area contributed by atoms with Gasteiger partial charge in [-0.2, -0.15) is 0 Å². The number of hydrogen-bond donors (Lipinski definition) is 12. The van der Waals surface area contributed by atoms with Gasteiger partial charge in [-0.15, -0.1) is 0 Å². The van der Waals surface area contributed by atoms with Crippen LogP contribution in [0, 0.1) is 0 Å². The van der Waals surface area contributed by atoms with Crippen LogP contribution < -0.4 is 14.9 Å². The van der Waals surface area contributed by atoms with Gasteiger partial charge in [-0.3, -0.25) is 4.79 Å². The van der Waals surface area contributed by atoms with E-state index in [9.17, 15) is 66.1 Å². The molecule has 2 fully saturated rings. The predicted octanol–water partition coefficient (Wildman–Crippen LogP) is -3.36. The summed E-state index contributed by atoms with van der Waals surface area (Å²) in [6, 6.07) is 4.19. The highest BCUT2D eigenvalue weighted by atomic mass is 16.7. The van der Waals surface area contributed by atoms with Gasteiger partial charge in [0.05, 0.1) is 13.2 Å². The van der Waals surface area contributed by atoms with Crippen LogP contribution in [0.1, 0.15) is 0 Å². The summed E-state index contributed by atoms with van der Waals surface area (Å²) < 4.78 is 27.3. The highest BCUT2D eigenvalue weighted by molar-refractivity contribution is 5.95. The molecule has 0 radical (unpaired) electrons. The monoisotopic (exact) mass is 642 g/mol. The second kappa shape index (κ2) is 12.4. The lowest BCUT2D eigenvalue weighted by Crippen LogP contribution is -2.60. The van der Waals surface area contributed by atoms with Gasteiger partial charge in [0.2, 0.25) is 29.8 Å². The number of ether oxygens (including phenoxy) is 4. The van der Waals surface area contributed by atoms with Crippen molar-refractivity contribution < 1.29 is 84.6 Å². The first-order valence-corrected chi connectivity index (χ1v) is 13.3. The van der Waals surface area contributed by atoms with Crippen molar-refractivity contribution in [3.8, 4) is 45.8 Å². The Morgan fingerprint density at radius 2 is 1.18 bits per heavy atom. The molecule has 2 aromatic carbocycles. The van der Waals surface area contributed by atoms with E-state index in [1.165, 1.54) is 6.07 Å². The van der Waals surface area contributed by atoms with Gasteiger partial charge in [-0.05, 0) is 18.2 Å². The molecule has 0 saturated carbocycles. The third kappa shape index (κ3) is 5.68. The van der Waals surface area contributed by atoms with Crippen molar-refractivity contribution >= 4 is 11.0 Å². The zero-order chi connectivity index (χ0) is 32.9. The standard InChI is InChI=1S/C27H30O18/c28-5-12-15(33)18(36)20(38)26(42-12)44-24-17(35)14-10(32)4-11(7-1-2-8(30)9(31)3-7)41-23(14)25(22(24)40)45-27-21(39)19(37)16(34)13(6-29)43-27/h1-4,12-13,15-16,18-21,26-31,33-40H,5-6H2. The van der Waals surface area contributed by atoms with Crippen molar-refractivity contribution in [2.45, 2.75) is 61.4 Å². The number of rotatable bonds is 7. The van der Waals surface area contributed by atoms with Gasteiger partial charge >= 0.3 is 0 Å². The maximum Gasteiger partial charge on any atom is 0.229 e. The fourth-order valence-corrected chi connectivity index (χ4v) is 4.92. The summed E-state index contributed by atoms with van der Waals surface area (Å²) in [5, 5.41) is 122. The molecule has 0 spiro atoms. The van der Waals surface area contributed by atoms with Gasteiger partial charge in [-0.25, -0.2) is 0 Å². The van der Waals surface area contributed by atoms with E-state index in [0.29, 0.717) is 0 Å². The van der Waals surface area contributed by atoms with E-state index in [4.69, 9.17) is 23.4 Å². The Hall–Kier alpha value is -3.95. The Bertz CT molecular complexity index is 1600. The number of aromatic hydroxyl groups is 4. The molecule has 5 rings (SSSR count). The molecule has 0 bridgehead atoms. The van der Waals surface area contributed by atoms with E-state index >= 15 is 0 Å². The van der Waals surface area contributed by atoms with Crippen LogP contribution in [0.5, 0.6) is 34.5 Å². The molecule has 2 saturated heterocycles. The molecule has 0 aliphatic carbocycles. The fourth-order valence-electron chi connectivity index (χ4n) is 4.92. The van der Waals surface area contributed by atoms with Gasteiger partial charge in [0, 0.05) is 11.6 Å². The normalized spacial score (nSPS) is 32.0. The largest absolute Gasteiger partial charge is 0.504 e. The highest BCUT2D eigenvalue weighted by Crippen LogP contribution is 2.51. The van der Waals surface area contributed by atoms with Gasteiger partial charge < -0.3 is 84.6 Å². The molecule has 10 atom stereocenters. The number of benzene rings is 2. The Morgan fingerprint density at radius 3 is 1.69 bits per heavy atom. The zero-order valence-corrected chi connectivity index (χ0v) is 22.8. The quantitative estimate of drug-likeness (QED) is 0.112. The summed E-state index contributed by atoms with van der Waals surface area (Å²) in [7, 11) is 0. The summed E-state index contributed by atoms with van der Waals surface area (Å²) in [5.74, 6) is -5.62. The maximum atomic E-state index is 13.4. The lowest BCUT2D eigenvalue weighted by molar-refractivity contribution is -0.279. The second-order valence-corrected chi connectivity index (χ2v) is 10.4. The molecule has 246 valence electrons. The van der Waals surface area contributed by atoms with Gasteiger partial charge in [0.1, 0.15) is 60.0 Å². The minimum atomic E-state index is -2.04. The molecule has 18 heteroatoms. The summed E-state index contributed by atoms with van der Waals surface area (Å²) in [5.41, 5.74) is -1.73. The van der Waals surface area contributed by atoms with Crippen LogP contribution in [-0.4, -0.2) is 136 Å². The Balaban J connectivity index is 1.68. The first kappa shape index (κ1) is 32.4. The smallest absolute Gasteiger partial charge is 0.229 e. The van der Waals surface area contributed by atoms with Crippen LogP contribution in [0.15, 0.2) is 33.5 Å². The molecule has 2 aliphatic rings. The zero-order valence-electron chi connectivity index (χ0n) is 22.8. The van der Waals surface area contributed by atoms with E-state index < -0.39 is 126 Å². The lowest BCUT2D eigenvalue weighted by Gasteiger charge is -2.40. The van der Waals surface area contributed by atoms with Crippen molar-refractivity contribution in [2.24, 2.45) is 0 Å². The molecule has 12 N–H and O–H groups in total. The minimum absolute atomic E-state index is 0.0173. The van der Waals surface area contributed by atoms with Crippen molar-refractivity contribution in [1.82, 2.24) is 0 Å². The van der Waals surface area contributed by atoms with Crippen LogP contribution in [0.4, 0.5) is 0 Å². The summed E-state index contributed by atoms with van der Waals surface area (Å²) >= 11 is 0. The Kier molecular flexibility index (Phi) is 8.97. The Labute approximate surface area is 250 Å². The number of aliphatic hydroxyl groups is 8. The highest BCUT2D eigenvalue weighted by Gasteiger charge is 2.47. The molecular weight excluding hydrogens is 612 g/mol. The van der Waals surface area contributed by atoms with E-state index in [2.05, 4.69) is 0 Å². The van der Waals surface area contributed by atoms with E-state index in [-0.39, 0.29) is 11.3 Å². The molecule has 2 aliphatic heterocycles. The van der Waals surface area contributed by atoms with Gasteiger partial charge in [-0.1, -0.05) is 0 Å². The van der Waals surface area contributed by atoms with Crippen LogP contribution in [0.2, 0.25) is 0 Å². The van der Waals surface area contributed by atoms with Crippen LogP contribution in [0.25, 0.3) is 22.3 Å². The van der Waals surface area contributed by atoms with E-state index in [0.717, 1.165) is 18.2 Å². The number of phenols is 4. The van der Waals surface area contributed by atoms with Gasteiger partial charge in [0.25, 0.3) is 0 Å². The summed E-state index contributed by atoms with van der Waals surface area (Å²) in [4.78, 5) is 13.4. The first-order valence-electron chi connectivity index (χ1n) is 13.3. The fraction of sp³-hybridized carbons (Fsp3) is 0.444. The molecule has 45 heavy (non-hydrogen) atoms. The molecule has 3 aromatic rings. The number of phenolic OH excluding ortho intramolecular Hbond substituents is 4. The van der Waals surface area contributed by atoms with E-state index in [1.54, 1.807) is 0 Å². The van der Waals surface area contributed by atoms with Crippen molar-refractivity contribution in [3.63, 3.8) is 0 Å². The molecule has 18 nitrogen and oxygen atoms in total. The molecule has 0 amide bonds. The third-order valence-corrected chi connectivity index (χ3v) is 7.46. The summed E-state index contributed by atoms with van der Waals surface area (Å²) in [6.45, 7) is -1.71. The SMILES string of the molecule is O=c1cc(-c2ccc(O)c(O)c2)oc2c(OC3OC(CO)C(O)C(O)C3O)c(O)c(OC3OC(CO)C(O)C(O)C3O)c(O)c12. The third-order valence-electron chi connectivity index (χ3n) is 7.46. The van der Waals surface area contributed by atoms with Crippen LogP contribution in [0.3, 0.4) is 0 Å². The van der Waals surface area contributed by atoms with E-state index in [1.807, 2.05) is 0 Å². The van der Waals surface area contributed by atoms with Crippen molar-refractivity contribution in [2.75, 3.05) is 13.2 Å². The average Bonchev–Trinajstić information content (AvgIpc) is 3.01. The van der Waals surface area contributed by atoms with Crippen LogP contribution >= 0.6 is 0 Å². The van der Waals surface area contributed by atoms with Gasteiger partial charge in [0.15, 0.2) is 28.3 Å².